The minimum Gasteiger partial charge on any atom is -0.395 e. The summed E-state index contributed by atoms with van der Waals surface area (Å²) in [6, 6.07) is 1.35. The molecule has 100 valence electrons. The Balaban J connectivity index is 2.30. The molecule has 8 nitrogen and oxygen atoms in total. The van der Waals surface area contributed by atoms with E-state index in [1.54, 1.807) is 5.48 Å². The van der Waals surface area contributed by atoms with Gasteiger partial charge in [0, 0.05) is 6.20 Å². The van der Waals surface area contributed by atoms with Crippen LogP contribution < -0.4 is 11.2 Å². The van der Waals surface area contributed by atoms with Crippen LogP contribution in [0.1, 0.15) is 5.37 Å². The fraction of sp³-hybridized carbons (Fsp3) is 0.556. The summed E-state index contributed by atoms with van der Waals surface area (Å²) < 4.78 is 1.15. The lowest BCUT2D eigenvalue weighted by molar-refractivity contribution is 0.0101. The van der Waals surface area contributed by atoms with Crippen molar-refractivity contribution >= 4 is 17.6 Å². The van der Waals surface area contributed by atoms with Crippen LogP contribution in [0.15, 0.2) is 17.1 Å². The second-order valence-electron chi connectivity index (χ2n) is 3.84. The van der Waals surface area contributed by atoms with Crippen molar-refractivity contribution in [2.24, 2.45) is 0 Å². The average Bonchev–Trinajstić information content (AvgIpc) is 2.66. The zero-order valence-electron chi connectivity index (χ0n) is 9.17. The molecule has 18 heavy (non-hydrogen) atoms. The molecule has 2 rings (SSSR count). The smallest absolute Gasteiger partial charge is 0.350 e. The molecule has 0 amide bonds. The Morgan fingerprint density at radius 3 is 2.67 bits per heavy atom. The second-order valence-corrected chi connectivity index (χ2v) is 5.20. The quantitative estimate of drug-likeness (QED) is 0.416. The summed E-state index contributed by atoms with van der Waals surface area (Å²) in [5.74, 6) is -0.00649. The maximum atomic E-state index is 11.7. The lowest BCUT2D eigenvalue weighted by Gasteiger charge is -2.17. The molecule has 1 aromatic rings. The summed E-state index contributed by atoms with van der Waals surface area (Å²) in [6.07, 6.45) is -0.923. The van der Waals surface area contributed by atoms with Crippen LogP contribution in [0.2, 0.25) is 0 Å². The Kier molecular flexibility index (Phi) is 3.88. The highest BCUT2D eigenvalue weighted by Crippen LogP contribution is 2.40. The first-order chi connectivity index (χ1) is 8.58. The first kappa shape index (κ1) is 13.3. The second kappa shape index (κ2) is 5.24. The third kappa shape index (κ3) is 2.22. The summed E-state index contributed by atoms with van der Waals surface area (Å²) in [6.45, 7) is -0.294. The van der Waals surface area contributed by atoms with E-state index in [2.05, 4.69) is 4.98 Å². The highest BCUT2D eigenvalue weighted by Gasteiger charge is 2.43. The minimum atomic E-state index is -1.17. The van der Waals surface area contributed by atoms with Crippen LogP contribution in [0.4, 0.5) is 5.82 Å². The van der Waals surface area contributed by atoms with Gasteiger partial charge in [-0.25, -0.2) is 4.79 Å². The van der Waals surface area contributed by atoms with Crippen molar-refractivity contribution in [1.29, 1.82) is 0 Å². The Bertz CT molecular complexity index is 482. The van der Waals surface area contributed by atoms with Crippen molar-refractivity contribution in [3.05, 3.63) is 22.7 Å². The van der Waals surface area contributed by atoms with E-state index in [1.807, 2.05) is 0 Å². The van der Waals surface area contributed by atoms with E-state index in [0.717, 1.165) is 16.3 Å². The van der Waals surface area contributed by atoms with E-state index < -0.39 is 28.5 Å². The average molecular weight is 275 g/mol. The molecule has 1 fully saturated rings. The number of nitrogens with one attached hydrogen (secondary N) is 1. The maximum absolute atomic E-state index is 11.7. The van der Waals surface area contributed by atoms with Crippen LogP contribution >= 0.6 is 11.8 Å². The molecule has 0 bridgehead atoms. The number of thioether (sulfide) groups is 1. The van der Waals surface area contributed by atoms with Gasteiger partial charge in [-0.05, 0) is 6.07 Å². The first-order valence-corrected chi connectivity index (χ1v) is 6.14. The van der Waals surface area contributed by atoms with Gasteiger partial charge in [-0.1, -0.05) is 0 Å². The molecule has 0 radical (unpaired) electrons. The molecule has 2 heterocycles. The van der Waals surface area contributed by atoms with Crippen molar-refractivity contribution in [2.75, 3.05) is 12.1 Å². The molecule has 4 atom stereocenters. The van der Waals surface area contributed by atoms with Gasteiger partial charge in [0.1, 0.15) is 11.5 Å². The summed E-state index contributed by atoms with van der Waals surface area (Å²) in [5.41, 5.74) is 1.07. The van der Waals surface area contributed by atoms with Gasteiger partial charge < -0.3 is 15.3 Å². The normalized spacial score (nSPS) is 31.6. The number of nitrogens with zero attached hydrogens (tertiary/aromatic N) is 2. The summed E-state index contributed by atoms with van der Waals surface area (Å²) in [4.78, 5) is 15.2. The van der Waals surface area contributed by atoms with E-state index in [1.165, 1.54) is 12.3 Å². The molecule has 1 aliphatic rings. The minimum absolute atomic E-state index is 0.00649. The lowest BCUT2D eigenvalue weighted by atomic mass is 10.1. The third-order valence-corrected chi connectivity index (χ3v) is 4.30. The number of hydrogen-bond acceptors (Lipinski definition) is 8. The van der Waals surface area contributed by atoms with Crippen LogP contribution in [0, 0.1) is 0 Å². The summed E-state index contributed by atoms with van der Waals surface area (Å²) in [5, 5.41) is 35.9. The van der Waals surface area contributed by atoms with Crippen molar-refractivity contribution in [1.82, 2.24) is 9.55 Å². The number of aliphatic hydroxyl groups is 3. The van der Waals surface area contributed by atoms with Gasteiger partial charge in [-0.15, -0.1) is 11.8 Å². The van der Waals surface area contributed by atoms with Crippen LogP contribution in [0.5, 0.6) is 0 Å². The molecule has 1 aromatic heterocycles. The molecule has 1 saturated heterocycles. The van der Waals surface area contributed by atoms with E-state index >= 15 is 0 Å². The van der Waals surface area contributed by atoms with Gasteiger partial charge in [0.15, 0.2) is 5.82 Å². The Hall–Kier alpha value is -1.13. The van der Waals surface area contributed by atoms with Crippen LogP contribution in [0.25, 0.3) is 0 Å². The van der Waals surface area contributed by atoms with Crippen molar-refractivity contribution in [3.8, 4) is 0 Å². The molecular weight excluding hydrogens is 262 g/mol. The molecule has 0 saturated carbocycles. The van der Waals surface area contributed by atoms with Gasteiger partial charge in [-0.3, -0.25) is 15.3 Å². The molecule has 0 aliphatic carbocycles. The monoisotopic (exact) mass is 275 g/mol. The Labute approximate surface area is 106 Å². The lowest BCUT2D eigenvalue weighted by Crippen LogP contribution is -2.35. The predicted molar refractivity (Wildman–Crippen MR) is 63.4 cm³/mol. The highest BCUT2D eigenvalue weighted by molar-refractivity contribution is 8.00. The number of anilines is 1. The molecule has 0 spiro atoms. The van der Waals surface area contributed by atoms with Gasteiger partial charge in [-0.2, -0.15) is 4.98 Å². The van der Waals surface area contributed by atoms with Crippen LogP contribution in [0.3, 0.4) is 0 Å². The third-order valence-electron chi connectivity index (χ3n) is 2.74. The largest absolute Gasteiger partial charge is 0.395 e. The fourth-order valence-corrected chi connectivity index (χ4v) is 3.16. The van der Waals surface area contributed by atoms with E-state index in [9.17, 15) is 15.0 Å². The van der Waals surface area contributed by atoms with Gasteiger partial charge >= 0.3 is 5.69 Å². The highest BCUT2D eigenvalue weighted by atomic mass is 32.2. The van der Waals surface area contributed by atoms with E-state index in [0.29, 0.717) is 0 Å². The molecule has 1 unspecified atom stereocenters. The van der Waals surface area contributed by atoms with E-state index in [-0.39, 0.29) is 12.4 Å². The molecular formula is C9H13N3O5S. The fourth-order valence-electron chi connectivity index (χ4n) is 1.78. The molecule has 9 heteroatoms. The summed E-state index contributed by atoms with van der Waals surface area (Å²) in [7, 11) is 0. The standard InChI is InChI=1S/C9H13N3O5S/c13-3-4-6(14)7(15)8(18-4)12-2-1-5(11-17)10-9(12)16/h1-2,4,6-8,13-15,17H,3H2,(H,10,11,16)/t4-,6?,7+,8-/m1/s1. The summed E-state index contributed by atoms with van der Waals surface area (Å²) >= 11 is 1.10. The zero-order valence-corrected chi connectivity index (χ0v) is 9.99. The molecule has 5 N–H and O–H groups in total. The number of aliphatic hydroxyl groups excluding tert-OH is 3. The van der Waals surface area contributed by atoms with Gasteiger partial charge in [0.2, 0.25) is 0 Å². The van der Waals surface area contributed by atoms with Gasteiger partial charge in [0.25, 0.3) is 0 Å². The van der Waals surface area contributed by atoms with Crippen molar-refractivity contribution < 1.29 is 20.5 Å². The first-order valence-electron chi connectivity index (χ1n) is 5.20. The number of hydrogen-bond donors (Lipinski definition) is 5. The maximum Gasteiger partial charge on any atom is 0.350 e. The van der Waals surface area contributed by atoms with Crippen LogP contribution in [-0.2, 0) is 0 Å². The Morgan fingerprint density at radius 2 is 2.17 bits per heavy atom. The van der Waals surface area contributed by atoms with Crippen molar-refractivity contribution in [3.63, 3.8) is 0 Å². The topological polar surface area (TPSA) is 128 Å². The zero-order chi connectivity index (χ0) is 13.3. The number of rotatable bonds is 3. The predicted octanol–water partition coefficient (Wildman–Crippen LogP) is -1.63. The SMILES string of the molecule is O=c1nc(NO)ccn1[C@@H]1S[C@H](CO)C(O)[C@@H]1O. The van der Waals surface area contributed by atoms with Crippen LogP contribution in [-0.4, -0.2) is 54.1 Å². The number of aromatic nitrogens is 2. The Morgan fingerprint density at radius 1 is 1.44 bits per heavy atom. The van der Waals surface area contributed by atoms with Crippen molar-refractivity contribution in [2.45, 2.75) is 22.8 Å². The molecule has 0 aromatic carbocycles. The van der Waals surface area contributed by atoms with Gasteiger partial charge in [0.05, 0.1) is 18.0 Å². The van der Waals surface area contributed by atoms with E-state index in [4.69, 9.17) is 10.3 Å². The molecule has 1 aliphatic heterocycles.